The summed E-state index contributed by atoms with van der Waals surface area (Å²) in [6.45, 7) is 0. The third-order valence-corrected chi connectivity index (χ3v) is 7.28. The maximum atomic E-state index is 12.3. The Labute approximate surface area is 282 Å². The van der Waals surface area contributed by atoms with Crippen LogP contribution in [0.5, 0.6) is 5.75 Å². The molecule has 240 valence electrons. The number of Topliss-reactive ketones (excluding diaryl/α,β-unsaturated/α-hetero) is 1. The average molecular weight is 651 g/mol. The molecule has 0 saturated heterocycles. The molecule has 46 heavy (non-hydrogen) atoms. The Hall–Kier alpha value is -4.83. The first-order valence-electron chi connectivity index (χ1n) is 15.2. The largest absolute Gasteiger partial charge is 0.645 e. The average Bonchev–Trinajstić information content (AvgIpc) is 3.81. The van der Waals surface area contributed by atoms with E-state index in [2.05, 4.69) is 0 Å². The van der Waals surface area contributed by atoms with Crippen LogP contribution in [0.25, 0.3) is 12.2 Å². The van der Waals surface area contributed by atoms with E-state index >= 15 is 0 Å². The molecule has 0 unspecified atom stereocenters. The third kappa shape index (κ3) is 11.9. The summed E-state index contributed by atoms with van der Waals surface area (Å²) in [6, 6.07) is 40.1. The molecule has 0 N–H and O–H groups in total. The molecule has 0 aliphatic carbocycles. The van der Waals surface area contributed by atoms with Crippen molar-refractivity contribution in [2.24, 2.45) is 0 Å². The first-order chi connectivity index (χ1) is 22.0. The van der Waals surface area contributed by atoms with Crippen LogP contribution in [0, 0.1) is 0 Å². The van der Waals surface area contributed by atoms with E-state index in [1.54, 1.807) is 19.3 Å². The summed E-state index contributed by atoms with van der Waals surface area (Å²) in [5.74, 6) is 0.998. The number of rotatable bonds is 14. The number of allylic oxidation sites excluding steroid dienone is 2. The molecule has 4 nitrogen and oxygen atoms in total. The number of carbonyl (C=O) groups excluding carboxylic acids is 3. The Kier molecular flexibility index (Phi) is 15.1. The Morgan fingerprint density at radius 2 is 1.33 bits per heavy atom. The van der Waals surface area contributed by atoms with E-state index < -0.39 is 0 Å². The molecule has 0 saturated carbocycles. The zero-order valence-corrected chi connectivity index (χ0v) is 27.1. The second-order valence-corrected chi connectivity index (χ2v) is 10.6. The normalized spacial score (nSPS) is 10.6. The standard InChI is InChI=1S/C27H27O3.C14H11O.Fe/c1-30-25-17-15-23(16-18-25)26(28)11-7-3-6-10-22-12-14-24(20-22)27(29)19-13-21-8-4-2-5-9-21;15-14(13-8-4-5-9-13)11-10-12-6-2-1-3-7-12;/h2,4-5,8-9,12-20H,3,6-7,10-11H2,1H3;1-11H;/q-1;-5;. The van der Waals surface area contributed by atoms with Crippen molar-refractivity contribution in [3.05, 3.63) is 173 Å². The first-order valence-corrected chi connectivity index (χ1v) is 15.2. The number of ether oxygens (including phenoxy) is 1. The Morgan fingerprint density at radius 3 is 1.93 bits per heavy atom. The molecule has 0 spiro atoms. The predicted molar refractivity (Wildman–Crippen MR) is 183 cm³/mol. The molecular weight excluding hydrogens is 612 g/mol. The van der Waals surface area contributed by atoms with Gasteiger partial charge in [-0.3, -0.25) is 4.79 Å². The molecule has 5 aromatic carbocycles. The van der Waals surface area contributed by atoms with E-state index in [-0.39, 0.29) is 34.4 Å². The van der Waals surface area contributed by atoms with Crippen molar-refractivity contribution in [3.63, 3.8) is 0 Å². The van der Waals surface area contributed by atoms with Gasteiger partial charge < -0.3 is 56.0 Å². The van der Waals surface area contributed by atoms with Crippen LogP contribution in [0.4, 0.5) is 0 Å². The molecule has 0 heterocycles. The SMILES string of the molecule is COc1ccc(C(=O)CCCCC[c-]2ccc(C(=O)C=Cc3ccccc3)c2)cc1.O=C(C=Cc1ccccc1)[c-]1[cH-][cH-][cH-][cH-]1.[Fe]. The Morgan fingerprint density at radius 1 is 0.717 bits per heavy atom. The molecular formula is C41H38FeO4-6. The molecule has 0 fully saturated rings. The molecule has 5 aromatic rings. The molecule has 0 aliphatic rings. The van der Waals surface area contributed by atoms with Crippen molar-refractivity contribution >= 4 is 29.5 Å². The molecule has 0 radical (unpaired) electrons. The van der Waals surface area contributed by atoms with Crippen molar-refractivity contribution in [1.29, 1.82) is 0 Å². The van der Waals surface area contributed by atoms with Crippen LogP contribution in [0.15, 0.2) is 140 Å². The van der Waals surface area contributed by atoms with E-state index in [9.17, 15) is 14.4 Å². The van der Waals surface area contributed by atoms with Crippen molar-refractivity contribution < 1.29 is 36.2 Å². The zero-order valence-electron chi connectivity index (χ0n) is 26.0. The van der Waals surface area contributed by atoms with E-state index in [0.717, 1.165) is 59.3 Å². The molecule has 0 aliphatic heterocycles. The summed E-state index contributed by atoms with van der Waals surface area (Å²) < 4.78 is 5.12. The summed E-state index contributed by atoms with van der Waals surface area (Å²) >= 11 is 0. The van der Waals surface area contributed by atoms with E-state index in [1.165, 1.54) is 5.56 Å². The number of unbranched alkanes of at least 4 members (excludes halogenated alkanes) is 2. The van der Waals surface area contributed by atoms with Crippen molar-refractivity contribution in [1.82, 2.24) is 0 Å². The summed E-state index contributed by atoms with van der Waals surface area (Å²) in [7, 11) is 1.61. The van der Waals surface area contributed by atoms with E-state index in [1.807, 2.05) is 140 Å². The number of methoxy groups -OCH3 is 1. The maximum Gasteiger partial charge on any atom is 0.162 e. The summed E-state index contributed by atoms with van der Waals surface area (Å²) in [4.78, 5) is 36.2. The topological polar surface area (TPSA) is 60.4 Å². The maximum absolute atomic E-state index is 12.3. The number of hydrogen-bond donors (Lipinski definition) is 0. The van der Waals surface area contributed by atoms with Gasteiger partial charge in [-0.25, -0.2) is 6.07 Å². The second kappa shape index (κ2) is 19.5. The number of benzene rings is 3. The Balaban J connectivity index is 0.000000302. The van der Waals surface area contributed by atoms with Gasteiger partial charge in [-0.2, -0.15) is 23.8 Å². The van der Waals surface area contributed by atoms with Gasteiger partial charge >= 0.3 is 0 Å². The van der Waals surface area contributed by atoms with E-state index in [0.29, 0.717) is 6.42 Å². The number of aryl methyl sites for hydroxylation is 1. The summed E-state index contributed by atoms with van der Waals surface area (Å²) in [6.07, 6.45) is 11.2. The van der Waals surface area contributed by atoms with Crippen LogP contribution in [0.2, 0.25) is 0 Å². The van der Waals surface area contributed by atoms with Gasteiger partial charge in [0.05, 0.1) is 7.11 Å². The number of hydrogen-bond acceptors (Lipinski definition) is 4. The fourth-order valence-electron chi connectivity index (χ4n) is 4.72. The fourth-order valence-corrected chi connectivity index (χ4v) is 4.72. The molecule has 0 aromatic heterocycles. The van der Waals surface area contributed by atoms with Gasteiger partial charge in [-0.05, 0) is 42.3 Å². The van der Waals surface area contributed by atoms with Crippen molar-refractivity contribution in [3.8, 4) is 5.75 Å². The van der Waals surface area contributed by atoms with Gasteiger partial charge in [-0.1, -0.05) is 91.6 Å². The fraction of sp³-hybridized carbons (Fsp3) is 0.146. The van der Waals surface area contributed by atoms with Crippen LogP contribution in [-0.4, -0.2) is 24.5 Å². The van der Waals surface area contributed by atoms with Crippen LogP contribution in [0.3, 0.4) is 0 Å². The van der Waals surface area contributed by atoms with Crippen LogP contribution >= 0.6 is 0 Å². The van der Waals surface area contributed by atoms with Gasteiger partial charge in [0.15, 0.2) is 5.78 Å². The smallest absolute Gasteiger partial charge is 0.162 e. The minimum Gasteiger partial charge on any atom is -0.645 e. The van der Waals surface area contributed by atoms with Crippen LogP contribution in [-0.2, 0) is 23.5 Å². The summed E-state index contributed by atoms with van der Waals surface area (Å²) in [5, 5.41) is 0. The molecule has 0 atom stereocenters. The van der Waals surface area contributed by atoms with Crippen molar-refractivity contribution in [2.45, 2.75) is 32.1 Å². The van der Waals surface area contributed by atoms with Gasteiger partial charge in [0.2, 0.25) is 0 Å². The first kappa shape index (κ1) is 35.6. The molecule has 0 bridgehead atoms. The van der Waals surface area contributed by atoms with Gasteiger partial charge in [0.25, 0.3) is 0 Å². The number of ketones is 3. The molecule has 0 amide bonds. The monoisotopic (exact) mass is 650 g/mol. The predicted octanol–water partition coefficient (Wildman–Crippen LogP) is 9.60. The second-order valence-electron chi connectivity index (χ2n) is 10.6. The van der Waals surface area contributed by atoms with Crippen LogP contribution < -0.4 is 4.74 Å². The third-order valence-electron chi connectivity index (χ3n) is 7.28. The quantitative estimate of drug-likeness (QED) is 0.0395. The molecule has 5 heteroatoms. The van der Waals surface area contributed by atoms with Gasteiger partial charge in [0.1, 0.15) is 11.5 Å². The van der Waals surface area contributed by atoms with Gasteiger partial charge in [0, 0.05) is 29.1 Å². The van der Waals surface area contributed by atoms with E-state index in [4.69, 9.17) is 4.74 Å². The molecule has 5 rings (SSSR count). The summed E-state index contributed by atoms with van der Waals surface area (Å²) in [5.41, 5.74) is 5.43. The van der Waals surface area contributed by atoms with Crippen molar-refractivity contribution in [2.75, 3.05) is 7.11 Å². The van der Waals surface area contributed by atoms with Gasteiger partial charge in [-0.15, -0.1) is 5.56 Å². The number of carbonyl (C=O) groups is 3. The minimum absolute atomic E-state index is 0. The van der Waals surface area contributed by atoms with Crippen LogP contribution in [0.1, 0.15) is 73.4 Å². The Bertz CT molecular complexity index is 1680. The minimum atomic E-state index is 0. The zero-order chi connectivity index (χ0) is 31.7.